The number of allylic oxidation sites excluding steroid dienone is 8. The van der Waals surface area contributed by atoms with Crippen LogP contribution in [0.1, 0.15) is 310 Å². The monoisotopic (exact) mass is 1290 g/mol. The van der Waals surface area contributed by atoms with Crippen LogP contribution in [0, 0.1) is 0 Å². The van der Waals surface area contributed by atoms with E-state index in [1.54, 1.807) is 0 Å². The Labute approximate surface area is 534 Å². The average Bonchev–Trinajstić information content (AvgIpc) is 3.57. The van der Waals surface area contributed by atoms with Crippen molar-refractivity contribution in [3.63, 3.8) is 0 Å². The third-order valence-electron chi connectivity index (χ3n) is 14.9. The highest BCUT2D eigenvalue weighted by Gasteiger charge is 2.30. The van der Waals surface area contributed by atoms with Crippen molar-refractivity contribution in [1.82, 2.24) is 0 Å². The minimum Gasteiger partial charge on any atom is -0.462 e. The van der Waals surface area contributed by atoms with Crippen molar-refractivity contribution in [3.8, 4) is 0 Å². The van der Waals surface area contributed by atoms with Gasteiger partial charge in [0.15, 0.2) is 12.2 Å². The molecular weight excluding hydrogens is 1160 g/mol. The summed E-state index contributed by atoms with van der Waals surface area (Å²) in [4.78, 5) is 72.3. The number of phosphoric acid groups is 2. The van der Waals surface area contributed by atoms with E-state index in [0.29, 0.717) is 25.7 Å². The van der Waals surface area contributed by atoms with E-state index in [1.807, 2.05) is 0 Å². The van der Waals surface area contributed by atoms with Crippen LogP contribution in [0.2, 0.25) is 0 Å². The van der Waals surface area contributed by atoms with E-state index in [-0.39, 0.29) is 25.7 Å². The van der Waals surface area contributed by atoms with Gasteiger partial charge in [-0.25, -0.2) is 9.13 Å². The number of hydrogen-bond acceptors (Lipinski definition) is 15. The number of carbonyl (C=O) groups excluding carboxylic acids is 4. The molecule has 0 aliphatic rings. The highest BCUT2D eigenvalue weighted by atomic mass is 31.2. The summed E-state index contributed by atoms with van der Waals surface area (Å²) < 4.78 is 68.0. The van der Waals surface area contributed by atoms with Gasteiger partial charge in [0.2, 0.25) is 0 Å². The summed E-state index contributed by atoms with van der Waals surface area (Å²) in [6, 6.07) is 0. The van der Waals surface area contributed by atoms with Gasteiger partial charge in [0, 0.05) is 25.7 Å². The Morgan fingerprint density at radius 3 is 0.830 bits per heavy atom. The molecule has 19 heteroatoms. The molecule has 2 unspecified atom stereocenters. The van der Waals surface area contributed by atoms with E-state index in [9.17, 15) is 43.2 Å². The first-order chi connectivity index (χ1) is 42.7. The Kier molecular flexibility index (Phi) is 60.7. The number of carbonyl (C=O) groups is 4. The minimum absolute atomic E-state index is 0.0784. The fourth-order valence-corrected chi connectivity index (χ4v) is 11.0. The van der Waals surface area contributed by atoms with Gasteiger partial charge in [-0.3, -0.25) is 37.3 Å². The summed E-state index contributed by atoms with van der Waals surface area (Å²) in [5.74, 6) is -2.19. The summed E-state index contributed by atoms with van der Waals surface area (Å²) in [5, 5.41) is 10.6. The van der Waals surface area contributed by atoms with Gasteiger partial charge in [-0.05, 0) is 77.0 Å². The van der Waals surface area contributed by atoms with Crippen LogP contribution in [-0.4, -0.2) is 96.7 Å². The zero-order chi connectivity index (χ0) is 64.7. The van der Waals surface area contributed by atoms with E-state index in [1.165, 1.54) is 109 Å². The Morgan fingerprint density at radius 2 is 0.545 bits per heavy atom. The lowest BCUT2D eigenvalue weighted by molar-refractivity contribution is -0.161. The van der Waals surface area contributed by atoms with Crippen LogP contribution < -0.4 is 0 Å². The van der Waals surface area contributed by atoms with Gasteiger partial charge in [0.1, 0.15) is 19.3 Å². The molecule has 88 heavy (non-hydrogen) atoms. The summed E-state index contributed by atoms with van der Waals surface area (Å²) in [6.07, 6.45) is 55.7. The van der Waals surface area contributed by atoms with E-state index >= 15 is 0 Å². The molecule has 0 amide bonds. The standard InChI is InChI=1S/C69H126O17P2/c1-5-9-13-17-21-25-27-29-31-33-35-39-42-46-50-54-67(72)80-60-65(86-69(74)56-52-48-44-40-36-34-32-30-28-26-22-18-14-10-6-2)62-84-88(77,78)82-58-63(70)57-81-87(75,76)83-61-64(85-68(73)55-51-47-43-38-24-20-16-12-8-4)59-79-66(71)53-49-45-41-37-23-19-15-11-7-3/h25-32,63-65,70H,5-24,33-62H2,1-4H3,(H,75,76)(H,77,78)/b27-25-,28-26-,31-29-,32-30-/t63-,64+,65+/m0/s1. The number of aliphatic hydroxyl groups excluding tert-OH is 1. The van der Waals surface area contributed by atoms with Crippen LogP contribution in [-0.2, 0) is 65.4 Å². The van der Waals surface area contributed by atoms with Crippen molar-refractivity contribution in [2.45, 2.75) is 329 Å². The number of ether oxygens (including phenoxy) is 4. The molecule has 0 aliphatic heterocycles. The molecule has 0 saturated carbocycles. The first kappa shape index (κ1) is 85.0. The van der Waals surface area contributed by atoms with Gasteiger partial charge in [-0.1, -0.05) is 256 Å². The number of phosphoric ester groups is 2. The van der Waals surface area contributed by atoms with Crippen LogP contribution in [0.25, 0.3) is 0 Å². The smallest absolute Gasteiger partial charge is 0.462 e. The third kappa shape index (κ3) is 61.9. The number of aliphatic hydroxyl groups is 1. The van der Waals surface area contributed by atoms with Gasteiger partial charge in [-0.15, -0.1) is 0 Å². The first-order valence-corrected chi connectivity index (χ1v) is 37.9. The molecule has 0 rings (SSSR count). The normalized spacial score (nSPS) is 14.4. The molecule has 0 saturated heterocycles. The van der Waals surface area contributed by atoms with Gasteiger partial charge >= 0.3 is 39.5 Å². The van der Waals surface area contributed by atoms with Crippen LogP contribution in [0.4, 0.5) is 0 Å². The van der Waals surface area contributed by atoms with Crippen LogP contribution in [0.5, 0.6) is 0 Å². The first-order valence-electron chi connectivity index (χ1n) is 34.9. The number of unbranched alkanes of at least 4 members (excludes halogenated alkanes) is 34. The largest absolute Gasteiger partial charge is 0.472 e. The molecule has 5 atom stereocenters. The molecule has 0 aromatic heterocycles. The van der Waals surface area contributed by atoms with Crippen LogP contribution in [0.3, 0.4) is 0 Å². The lowest BCUT2D eigenvalue weighted by atomic mass is 10.1. The predicted octanol–water partition coefficient (Wildman–Crippen LogP) is 19.0. The molecule has 0 bridgehead atoms. The van der Waals surface area contributed by atoms with Crippen molar-refractivity contribution in [2.24, 2.45) is 0 Å². The maximum absolute atomic E-state index is 13.0. The molecule has 0 radical (unpaired) electrons. The van der Waals surface area contributed by atoms with Gasteiger partial charge in [0.05, 0.1) is 26.4 Å². The van der Waals surface area contributed by atoms with Gasteiger partial charge in [-0.2, -0.15) is 0 Å². The summed E-state index contributed by atoms with van der Waals surface area (Å²) in [7, 11) is -9.91. The zero-order valence-corrected chi connectivity index (χ0v) is 57.4. The summed E-state index contributed by atoms with van der Waals surface area (Å²) >= 11 is 0. The van der Waals surface area contributed by atoms with E-state index in [2.05, 4.69) is 76.3 Å². The molecule has 0 aromatic rings. The Morgan fingerprint density at radius 1 is 0.318 bits per heavy atom. The van der Waals surface area contributed by atoms with Crippen molar-refractivity contribution in [1.29, 1.82) is 0 Å². The quantitative estimate of drug-likeness (QED) is 0.0169. The molecule has 0 heterocycles. The van der Waals surface area contributed by atoms with Gasteiger partial charge in [0.25, 0.3) is 0 Å². The van der Waals surface area contributed by atoms with E-state index in [0.717, 1.165) is 122 Å². The van der Waals surface area contributed by atoms with Crippen molar-refractivity contribution in [3.05, 3.63) is 48.6 Å². The number of esters is 4. The van der Waals surface area contributed by atoms with Crippen LogP contribution >= 0.6 is 15.6 Å². The second kappa shape index (κ2) is 62.8. The van der Waals surface area contributed by atoms with Gasteiger partial charge < -0.3 is 33.8 Å². The minimum atomic E-state index is -4.96. The van der Waals surface area contributed by atoms with E-state index in [4.69, 9.17) is 37.0 Å². The van der Waals surface area contributed by atoms with Crippen molar-refractivity contribution in [2.75, 3.05) is 39.6 Å². The Bertz CT molecular complexity index is 1870. The third-order valence-corrected chi connectivity index (χ3v) is 16.8. The maximum Gasteiger partial charge on any atom is 0.472 e. The highest BCUT2D eigenvalue weighted by Crippen LogP contribution is 2.45. The molecule has 3 N–H and O–H groups in total. The topological polar surface area (TPSA) is 237 Å². The highest BCUT2D eigenvalue weighted by molar-refractivity contribution is 7.47. The Balaban J connectivity index is 5.29. The maximum atomic E-state index is 13.0. The average molecular weight is 1290 g/mol. The second-order valence-electron chi connectivity index (χ2n) is 23.5. The molecule has 0 aromatic carbocycles. The lowest BCUT2D eigenvalue weighted by Gasteiger charge is -2.21. The fourth-order valence-electron chi connectivity index (χ4n) is 9.44. The zero-order valence-electron chi connectivity index (χ0n) is 55.7. The number of hydrogen-bond donors (Lipinski definition) is 3. The summed E-state index contributed by atoms with van der Waals surface area (Å²) in [6.45, 7) is 4.76. The van der Waals surface area contributed by atoms with E-state index < -0.39 is 97.5 Å². The molecule has 17 nitrogen and oxygen atoms in total. The molecular formula is C69H126O17P2. The lowest BCUT2D eigenvalue weighted by Crippen LogP contribution is -2.30. The van der Waals surface area contributed by atoms with Crippen molar-refractivity contribution < 1.29 is 80.2 Å². The second-order valence-corrected chi connectivity index (χ2v) is 26.5. The molecule has 0 aliphatic carbocycles. The SMILES string of the molecule is CCCCCC/C=C\C=C/CCCCCCCC(=O)OC[C@H](COP(=O)(O)OC[C@@H](O)COP(=O)(O)OC[C@@H](COC(=O)CCCCCCCCCCC)OC(=O)CCCCCCCCCCC)OC(=O)CCCCCCC/C=C\C=C/CCCCCC. The number of rotatable bonds is 66. The molecule has 0 fully saturated rings. The Hall–Kier alpha value is -2.98. The van der Waals surface area contributed by atoms with Crippen LogP contribution in [0.15, 0.2) is 48.6 Å². The predicted molar refractivity (Wildman–Crippen MR) is 354 cm³/mol. The summed E-state index contributed by atoms with van der Waals surface area (Å²) in [5.41, 5.74) is 0. The molecule has 514 valence electrons. The van der Waals surface area contributed by atoms with Crippen molar-refractivity contribution >= 4 is 39.5 Å². The molecule has 0 spiro atoms. The fraction of sp³-hybridized carbons (Fsp3) is 0.826.